The second-order valence-electron chi connectivity index (χ2n) is 3.96. The Labute approximate surface area is 124 Å². The predicted octanol–water partition coefficient (Wildman–Crippen LogP) is 3.76. The molecule has 1 aromatic heterocycles. The van der Waals surface area contributed by atoms with Crippen LogP contribution in [0.1, 0.15) is 11.1 Å². The molecule has 7 heteroatoms. The number of pyridine rings is 1. The lowest BCUT2D eigenvalue weighted by Crippen LogP contribution is -1.96. The first-order valence-electron chi connectivity index (χ1n) is 5.69. The minimum Gasteiger partial charge on any atom is -0.265 e. The van der Waals surface area contributed by atoms with Crippen molar-refractivity contribution >= 4 is 27.9 Å². The van der Waals surface area contributed by atoms with E-state index in [-0.39, 0.29) is 21.9 Å². The summed E-state index contributed by atoms with van der Waals surface area (Å²) >= 11 is 6.09. The summed E-state index contributed by atoms with van der Waals surface area (Å²) in [4.78, 5) is 14.1. The summed E-state index contributed by atoms with van der Waals surface area (Å²) in [7, 11) is 0. The SMILES string of the molecule is N#C/C(=C(\Cl)c1cc(F)ccc1[N+](=O)[O-])c1ccncc1. The topological polar surface area (TPSA) is 79.8 Å². The summed E-state index contributed by atoms with van der Waals surface area (Å²) in [5.74, 6) is -0.680. The molecule has 0 bridgehead atoms. The summed E-state index contributed by atoms with van der Waals surface area (Å²) in [5, 5.41) is 20.0. The van der Waals surface area contributed by atoms with E-state index in [1.807, 2.05) is 6.07 Å². The molecule has 1 aromatic carbocycles. The van der Waals surface area contributed by atoms with E-state index in [1.165, 1.54) is 24.5 Å². The number of halogens is 2. The first-order chi connectivity index (χ1) is 10.0. The van der Waals surface area contributed by atoms with Crippen LogP contribution in [0.3, 0.4) is 0 Å². The number of aromatic nitrogens is 1. The Morgan fingerprint density at radius 1 is 1.33 bits per heavy atom. The molecule has 0 unspecified atom stereocenters. The van der Waals surface area contributed by atoms with Crippen molar-refractivity contribution in [1.29, 1.82) is 5.26 Å². The molecule has 1 heterocycles. The number of nitriles is 1. The van der Waals surface area contributed by atoms with Gasteiger partial charge in [-0.25, -0.2) is 4.39 Å². The quantitative estimate of drug-likeness (QED) is 0.491. The highest BCUT2D eigenvalue weighted by molar-refractivity contribution is 6.53. The predicted molar refractivity (Wildman–Crippen MR) is 75.6 cm³/mol. The molecule has 0 aliphatic rings. The minimum absolute atomic E-state index is 0.00719. The van der Waals surface area contributed by atoms with E-state index in [2.05, 4.69) is 4.98 Å². The summed E-state index contributed by atoms with van der Waals surface area (Å²) in [6, 6.07) is 7.85. The largest absolute Gasteiger partial charge is 0.278 e. The van der Waals surface area contributed by atoms with Gasteiger partial charge in [-0.3, -0.25) is 15.1 Å². The lowest BCUT2D eigenvalue weighted by atomic mass is 10.0. The Balaban J connectivity index is 2.70. The Morgan fingerprint density at radius 2 is 2.00 bits per heavy atom. The molecule has 2 aromatic rings. The summed E-state index contributed by atoms with van der Waals surface area (Å²) < 4.78 is 13.3. The van der Waals surface area contributed by atoms with Gasteiger partial charge < -0.3 is 0 Å². The molecule has 0 aliphatic carbocycles. The standard InChI is InChI=1S/C14H7ClFN3O2/c15-14(12(8-17)9-3-5-18-6-4-9)11-7-10(16)1-2-13(11)19(20)21/h1-7H/b14-12+. The van der Waals surface area contributed by atoms with E-state index in [4.69, 9.17) is 11.6 Å². The average molecular weight is 304 g/mol. The molecule has 2 rings (SSSR count). The van der Waals surface area contributed by atoms with Crippen LogP contribution in [-0.4, -0.2) is 9.91 Å². The lowest BCUT2D eigenvalue weighted by molar-refractivity contribution is -0.385. The number of hydrogen-bond acceptors (Lipinski definition) is 4. The molecule has 0 aliphatic heterocycles. The van der Waals surface area contributed by atoms with Crippen molar-refractivity contribution in [2.24, 2.45) is 0 Å². The van der Waals surface area contributed by atoms with Crippen LogP contribution in [0.5, 0.6) is 0 Å². The monoisotopic (exact) mass is 303 g/mol. The molecule has 0 radical (unpaired) electrons. The van der Waals surface area contributed by atoms with Gasteiger partial charge in [0.15, 0.2) is 0 Å². The van der Waals surface area contributed by atoms with Crippen LogP contribution in [0.2, 0.25) is 0 Å². The van der Waals surface area contributed by atoms with Crippen molar-refractivity contribution < 1.29 is 9.31 Å². The van der Waals surface area contributed by atoms with E-state index >= 15 is 0 Å². The Bertz CT molecular complexity index is 770. The molecule has 0 N–H and O–H groups in total. The Hall–Kier alpha value is -2.78. The zero-order valence-electron chi connectivity index (χ0n) is 10.5. The van der Waals surface area contributed by atoms with Crippen molar-refractivity contribution in [2.45, 2.75) is 0 Å². The fourth-order valence-corrected chi connectivity index (χ4v) is 2.04. The normalized spacial score (nSPS) is 11.5. The molecule has 0 atom stereocenters. The molecular formula is C14H7ClFN3O2. The van der Waals surface area contributed by atoms with E-state index in [0.29, 0.717) is 5.56 Å². The van der Waals surface area contributed by atoms with Crippen LogP contribution in [0.15, 0.2) is 42.7 Å². The molecule has 0 fully saturated rings. The summed E-state index contributed by atoms with van der Waals surface area (Å²) in [5.41, 5.74) is -0.0675. The molecule has 0 saturated heterocycles. The van der Waals surface area contributed by atoms with Gasteiger partial charge in [-0.15, -0.1) is 0 Å². The number of nitro groups is 1. The van der Waals surface area contributed by atoms with Crippen molar-refractivity contribution in [2.75, 3.05) is 0 Å². The molecule has 5 nitrogen and oxygen atoms in total. The maximum absolute atomic E-state index is 13.3. The highest BCUT2D eigenvalue weighted by Crippen LogP contribution is 2.34. The van der Waals surface area contributed by atoms with Crippen molar-refractivity contribution in [3.8, 4) is 6.07 Å². The van der Waals surface area contributed by atoms with Gasteiger partial charge in [0.2, 0.25) is 0 Å². The third-order valence-electron chi connectivity index (χ3n) is 2.69. The Morgan fingerprint density at radius 3 is 2.57 bits per heavy atom. The van der Waals surface area contributed by atoms with Gasteiger partial charge in [-0.1, -0.05) is 11.6 Å². The second kappa shape index (κ2) is 6.11. The van der Waals surface area contributed by atoms with E-state index in [1.54, 1.807) is 0 Å². The molecule has 0 spiro atoms. The summed E-state index contributed by atoms with van der Waals surface area (Å²) in [6.07, 6.45) is 2.91. The average Bonchev–Trinajstić information content (AvgIpc) is 2.48. The third-order valence-corrected chi connectivity index (χ3v) is 3.08. The maximum atomic E-state index is 13.3. The molecular weight excluding hydrogens is 297 g/mol. The molecule has 104 valence electrons. The smallest absolute Gasteiger partial charge is 0.265 e. The fraction of sp³-hybridized carbons (Fsp3) is 0. The van der Waals surface area contributed by atoms with Crippen molar-refractivity contribution in [3.63, 3.8) is 0 Å². The summed E-state index contributed by atoms with van der Waals surface area (Å²) in [6.45, 7) is 0. The molecule has 0 amide bonds. The maximum Gasteiger partial charge on any atom is 0.278 e. The van der Waals surface area contributed by atoms with Gasteiger partial charge in [0.25, 0.3) is 5.69 Å². The van der Waals surface area contributed by atoms with Crippen LogP contribution in [-0.2, 0) is 0 Å². The highest BCUT2D eigenvalue weighted by Gasteiger charge is 2.20. The van der Waals surface area contributed by atoms with Gasteiger partial charge in [-0.2, -0.15) is 5.26 Å². The van der Waals surface area contributed by atoms with Crippen LogP contribution < -0.4 is 0 Å². The van der Waals surface area contributed by atoms with Crippen molar-refractivity contribution in [3.05, 3.63) is 69.8 Å². The first-order valence-corrected chi connectivity index (χ1v) is 6.07. The third kappa shape index (κ3) is 3.04. The fourth-order valence-electron chi connectivity index (χ4n) is 1.74. The zero-order chi connectivity index (χ0) is 15.4. The van der Waals surface area contributed by atoms with Crippen LogP contribution in [0.4, 0.5) is 10.1 Å². The lowest BCUT2D eigenvalue weighted by Gasteiger charge is -2.05. The number of rotatable bonds is 3. The first kappa shape index (κ1) is 14.6. The Kier molecular flexibility index (Phi) is 4.26. The number of hydrogen-bond donors (Lipinski definition) is 0. The molecule has 0 saturated carbocycles. The van der Waals surface area contributed by atoms with Gasteiger partial charge in [0.05, 0.1) is 21.1 Å². The zero-order valence-corrected chi connectivity index (χ0v) is 11.2. The second-order valence-corrected chi connectivity index (χ2v) is 4.33. The van der Waals surface area contributed by atoms with Crippen LogP contribution in [0, 0.1) is 27.3 Å². The van der Waals surface area contributed by atoms with Crippen molar-refractivity contribution in [1.82, 2.24) is 4.98 Å². The van der Waals surface area contributed by atoms with E-state index in [9.17, 15) is 19.8 Å². The van der Waals surface area contributed by atoms with E-state index in [0.717, 1.165) is 18.2 Å². The van der Waals surface area contributed by atoms with Gasteiger partial charge in [-0.05, 0) is 29.8 Å². The van der Waals surface area contributed by atoms with Crippen LogP contribution in [0.25, 0.3) is 10.6 Å². The van der Waals surface area contributed by atoms with Gasteiger partial charge in [0.1, 0.15) is 11.9 Å². The van der Waals surface area contributed by atoms with E-state index < -0.39 is 10.7 Å². The molecule has 21 heavy (non-hydrogen) atoms. The highest BCUT2D eigenvalue weighted by atomic mass is 35.5. The number of nitro benzene ring substituents is 1. The van der Waals surface area contributed by atoms with Gasteiger partial charge in [0, 0.05) is 18.5 Å². The number of allylic oxidation sites excluding steroid dienone is 1. The van der Waals surface area contributed by atoms with Crippen LogP contribution >= 0.6 is 11.6 Å². The minimum atomic E-state index is -0.682. The number of benzene rings is 1. The number of nitrogens with zero attached hydrogens (tertiary/aromatic N) is 3. The van der Waals surface area contributed by atoms with Gasteiger partial charge >= 0.3 is 0 Å².